The Morgan fingerprint density at radius 1 is 1.33 bits per heavy atom. The van der Waals surface area contributed by atoms with Crippen molar-refractivity contribution in [1.29, 1.82) is 0 Å². The molecule has 1 aromatic carbocycles. The van der Waals surface area contributed by atoms with Gasteiger partial charge in [-0.25, -0.2) is 4.79 Å². The minimum atomic E-state index is -1.39. The second-order valence-corrected chi connectivity index (χ2v) is 6.34. The fraction of sp³-hybridized carbons (Fsp3) is 0.333. The maximum absolute atomic E-state index is 11.6. The number of hydrogen-bond donors (Lipinski definition) is 1. The number of carboxylic acid groups (broad SMARTS) is 1. The van der Waals surface area contributed by atoms with E-state index in [-0.39, 0.29) is 5.56 Å². The zero-order chi connectivity index (χ0) is 17.5. The van der Waals surface area contributed by atoms with Gasteiger partial charge in [-0.05, 0) is 31.5 Å². The predicted molar refractivity (Wildman–Crippen MR) is 88.7 cm³/mol. The van der Waals surface area contributed by atoms with E-state index in [0.29, 0.717) is 18.1 Å². The van der Waals surface area contributed by atoms with Crippen LogP contribution in [0.25, 0.3) is 11.1 Å². The molecule has 0 atom stereocenters. The molecule has 1 aromatic heterocycles. The van der Waals surface area contributed by atoms with Gasteiger partial charge in [-0.15, -0.1) is 0 Å². The summed E-state index contributed by atoms with van der Waals surface area (Å²) in [5, 5.41) is 9.34. The van der Waals surface area contributed by atoms with Gasteiger partial charge >= 0.3 is 5.97 Å². The molecule has 0 radical (unpaired) electrons. The zero-order valence-corrected chi connectivity index (χ0v) is 13.8. The normalized spacial score (nSPS) is 13.3. The highest BCUT2D eigenvalue weighted by molar-refractivity contribution is 5.78. The summed E-state index contributed by atoms with van der Waals surface area (Å²) in [4.78, 5) is 23.0. The zero-order valence-electron chi connectivity index (χ0n) is 13.8. The third-order valence-electron chi connectivity index (χ3n) is 4.07. The van der Waals surface area contributed by atoms with E-state index in [4.69, 9.17) is 9.47 Å². The number of nitrogens with zero attached hydrogens (tertiary/aromatic N) is 1. The molecule has 2 heterocycles. The highest BCUT2D eigenvalue weighted by Gasteiger charge is 2.31. The molecule has 0 unspecified atom stereocenters. The molecule has 1 aliphatic rings. The van der Waals surface area contributed by atoms with Crippen molar-refractivity contribution in [2.75, 3.05) is 6.61 Å². The summed E-state index contributed by atoms with van der Waals surface area (Å²) in [5.41, 5.74) is 1.06. The third-order valence-corrected chi connectivity index (χ3v) is 4.07. The van der Waals surface area contributed by atoms with Gasteiger partial charge in [0.1, 0.15) is 11.5 Å². The van der Waals surface area contributed by atoms with Crippen molar-refractivity contribution < 1.29 is 19.4 Å². The molecule has 126 valence electrons. The van der Waals surface area contributed by atoms with Gasteiger partial charge in [-0.2, -0.15) is 0 Å². The number of hydrogen-bond acceptors (Lipinski definition) is 4. The summed E-state index contributed by atoms with van der Waals surface area (Å²) >= 11 is 0. The lowest BCUT2D eigenvalue weighted by Crippen LogP contribution is -2.38. The molecule has 1 N–H and O–H groups in total. The molecule has 3 rings (SSSR count). The molecule has 24 heavy (non-hydrogen) atoms. The van der Waals surface area contributed by atoms with Gasteiger partial charge in [-0.3, -0.25) is 4.79 Å². The standard InChI is InChI=1S/C18H19NO5/c1-18(2,17(21)22)24-15-9-14-11(6-7-23-14)8-13(15)12-4-5-16(20)19(3)10-12/h4-5,8-10H,6-7H2,1-3H3,(H,21,22). The molecule has 6 heteroatoms. The molecular weight excluding hydrogens is 310 g/mol. The molecule has 0 fully saturated rings. The van der Waals surface area contributed by atoms with Crippen molar-refractivity contribution in [3.8, 4) is 22.6 Å². The highest BCUT2D eigenvalue weighted by Crippen LogP contribution is 2.39. The lowest BCUT2D eigenvalue weighted by Gasteiger charge is -2.24. The van der Waals surface area contributed by atoms with E-state index < -0.39 is 11.6 Å². The van der Waals surface area contributed by atoms with Gasteiger partial charge in [0, 0.05) is 42.9 Å². The summed E-state index contributed by atoms with van der Waals surface area (Å²) in [6, 6.07) is 6.86. The highest BCUT2D eigenvalue weighted by atomic mass is 16.5. The first-order chi connectivity index (χ1) is 11.3. The van der Waals surface area contributed by atoms with E-state index in [0.717, 1.165) is 23.1 Å². The van der Waals surface area contributed by atoms with E-state index >= 15 is 0 Å². The average molecular weight is 329 g/mol. The van der Waals surface area contributed by atoms with Gasteiger partial charge in [-0.1, -0.05) is 0 Å². The van der Waals surface area contributed by atoms with Crippen LogP contribution in [-0.2, 0) is 18.3 Å². The average Bonchev–Trinajstić information content (AvgIpc) is 2.96. The number of pyridine rings is 1. The van der Waals surface area contributed by atoms with Gasteiger partial charge in [0.25, 0.3) is 0 Å². The Morgan fingerprint density at radius 3 is 2.75 bits per heavy atom. The van der Waals surface area contributed by atoms with Crippen LogP contribution < -0.4 is 15.0 Å². The van der Waals surface area contributed by atoms with Gasteiger partial charge in [0.2, 0.25) is 5.56 Å². The van der Waals surface area contributed by atoms with Crippen LogP contribution in [0.4, 0.5) is 0 Å². The second-order valence-electron chi connectivity index (χ2n) is 6.34. The summed E-state index contributed by atoms with van der Waals surface area (Å²) < 4.78 is 12.8. The van der Waals surface area contributed by atoms with Crippen molar-refractivity contribution in [3.05, 3.63) is 46.4 Å². The lowest BCUT2D eigenvalue weighted by molar-refractivity contribution is -0.152. The number of carbonyl (C=O) groups is 1. The number of carboxylic acids is 1. The van der Waals surface area contributed by atoms with E-state index in [1.54, 1.807) is 25.4 Å². The predicted octanol–water partition coefficient (Wildman–Crippen LogP) is 2.23. The van der Waals surface area contributed by atoms with Gasteiger partial charge in [0.15, 0.2) is 5.60 Å². The van der Waals surface area contributed by atoms with Crippen LogP contribution >= 0.6 is 0 Å². The maximum atomic E-state index is 11.6. The number of benzene rings is 1. The van der Waals surface area contributed by atoms with Crippen LogP contribution in [0.3, 0.4) is 0 Å². The molecule has 0 amide bonds. The van der Waals surface area contributed by atoms with Crippen LogP contribution in [0.1, 0.15) is 19.4 Å². The largest absolute Gasteiger partial charge is 0.493 e. The molecular formula is C18H19NO5. The van der Waals surface area contributed by atoms with Crippen LogP contribution in [0.5, 0.6) is 11.5 Å². The van der Waals surface area contributed by atoms with E-state index in [9.17, 15) is 14.7 Å². The van der Waals surface area contributed by atoms with E-state index in [2.05, 4.69) is 0 Å². The number of aryl methyl sites for hydroxylation is 1. The van der Waals surface area contributed by atoms with E-state index in [1.807, 2.05) is 6.07 Å². The molecule has 1 aliphatic heterocycles. The first-order valence-corrected chi connectivity index (χ1v) is 7.67. The number of ether oxygens (including phenoxy) is 2. The number of rotatable bonds is 4. The fourth-order valence-electron chi connectivity index (χ4n) is 2.59. The molecule has 0 saturated carbocycles. The van der Waals surface area contributed by atoms with Crippen LogP contribution in [-0.4, -0.2) is 27.9 Å². The van der Waals surface area contributed by atoms with Gasteiger partial charge in [0.05, 0.1) is 6.61 Å². The Balaban J connectivity index is 2.14. The van der Waals surface area contributed by atoms with Crippen LogP contribution in [0.2, 0.25) is 0 Å². The SMILES string of the molecule is Cn1cc(-c2cc3c(cc2OC(C)(C)C(=O)O)OCC3)ccc1=O. The summed E-state index contributed by atoms with van der Waals surface area (Å²) in [6.45, 7) is 3.58. The maximum Gasteiger partial charge on any atom is 0.347 e. The fourth-order valence-corrected chi connectivity index (χ4v) is 2.59. The second kappa shape index (κ2) is 5.70. The van der Waals surface area contributed by atoms with Crippen molar-refractivity contribution >= 4 is 5.97 Å². The topological polar surface area (TPSA) is 77.8 Å². The molecule has 0 bridgehead atoms. The van der Waals surface area contributed by atoms with Gasteiger partial charge < -0.3 is 19.1 Å². The van der Waals surface area contributed by atoms with Crippen LogP contribution in [0, 0.1) is 0 Å². The first-order valence-electron chi connectivity index (χ1n) is 7.67. The first kappa shape index (κ1) is 16.1. The van der Waals surface area contributed by atoms with Crippen molar-refractivity contribution in [2.24, 2.45) is 7.05 Å². The number of fused-ring (bicyclic) bond motifs is 1. The smallest absolute Gasteiger partial charge is 0.347 e. The Morgan fingerprint density at radius 2 is 2.08 bits per heavy atom. The summed E-state index contributed by atoms with van der Waals surface area (Å²) in [6.07, 6.45) is 2.50. The summed E-state index contributed by atoms with van der Waals surface area (Å²) in [5.74, 6) is 0.0665. The molecule has 2 aromatic rings. The number of aromatic nitrogens is 1. The van der Waals surface area contributed by atoms with Crippen molar-refractivity contribution in [2.45, 2.75) is 25.9 Å². The Labute approximate surface area is 139 Å². The van der Waals surface area contributed by atoms with Crippen molar-refractivity contribution in [1.82, 2.24) is 4.57 Å². The quantitative estimate of drug-likeness (QED) is 0.931. The monoisotopic (exact) mass is 329 g/mol. The minimum Gasteiger partial charge on any atom is -0.493 e. The number of aliphatic carboxylic acids is 1. The Kier molecular flexibility index (Phi) is 3.83. The lowest BCUT2D eigenvalue weighted by atomic mass is 10.0. The minimum absolute atomic E-state index is 0.114. The van der Waals surface area contributed by atoms with E-state index in [1.165, 1.54) is 24.5 Å². The Hall–Kier alpha value is -2.76. The molecule has 0 saturated heterocycles. The molecule has 6 nitrogen and oxygen atoms in total. The Bertz CT molecular complexity index is 866. The molecule has 0 spiro atoms. The van der Waals surface area contributed by atoms with Crippen molar-refractivity contribution in [3.63, 3.8) is 0 Å². The molecule has 0 aliphatic carbocycles. The van der Waals surface area contributed by atoms with Crippen LogP contribution in [0.15, 0.2) is 35.3 Å². The third kappa shape index (κ3) is 2.87. The summed E-state index contributed by atoms with van der Waals surface area (Å²) in [7, 11) is 1.67.